The third kappa shape index (κ3) is 3.59. The molecule has 0 amide bonds. The molecule has 1 N–H and O–H groups in total. The average molecular weight is 489 g/mol. The highest BCUT2D eigenvalue weighted by Crippen LogP contribution is 2.42. The number of nitrogens with zero attached hydrogens (tertiary/aromatic N) is 4. The number of aromatic amines is 1. The van der Waals surface area contributed by atoms with E-state index in [4.69, 9.17) is 0 Å². The highest BCUT2D eigenvalue weighted by atomic mass is 127. The topological polar surface area (TPSA) is 66.3 Å². The number of H-pyrrole nitrogens is 1. The van der Waals surface area contributed by atoms with Gasteiger partial charge in [0, 0.05) is 48.1 Å². The molecule has 0 radical (unpaired) electrons. The van der Waals surface area contributed by atoms with Crippen LogP contribution in [0.5, 0.6) is 0 Å². The highest BCUT2D eigenvalue weighted by Gasteiger charge is 2.51. The van der Waals surface area contributed by atoms with E-state index in [-0.39, 0.29) is 24.4 Å². The lowest BCUT2D eigenvalue weighted by Gasteiger charge is -2.20. The SMILES string of the molecule is O=c1[nH]c(C2CN(Cc3ccccc3)C[C@H]2C(F)(F)F)nn2c(I)ncc12. The molecule has 6 nitrogen and oxygen atoms in total. The van der Waals surface area contributed by atoms with Crippen LogP contribution in [-0.2, 0) is 6.54 Å². The number of benzene rings is 1. The van der Waals surface area contributed by atoms with Crippen LogP contribution in [0.25, 0.3) is 5.52 Å². The van der Waals surface area contributed by atoms with E-state index in [1.54, 1.807) is 4.90 Å². The predicted octanol–water partition coefficient (Wildman–Crippen LogP) is 2.80. The molecule has 3 heterocycles. The first-order valence-electron chi connectivity index (χ1n) is 8.29. The van der Waals surface area contributed by atoms with Crippen LogP contribution in [-0.4, -0.2) is 43.7 Å². The smallest absolute Gasteiger partial charge is 0.307 e. The van der Waals surface area contributed by atoms with Crippen LogP contribution < -0.4 is 5.56 Å². The van der Waals surface area contributed by atoms with Gasteiger partial charge < -0.3 is 4.98 Å². The maximum atomic E-state index is 13.7. The first-order chi connectivity index (χ1) is 12.8. The van der Waals surface area contributed by atoms with Gasteiger partial charge in [-0.15, -0.1) is 0 Å². The Kier molecular flexibility index (Phi) is 4.70. The molecule has 0 saturated carbocycles. The third-order valence-corrected chi connectivity index (χ3v) is 5.53. The quantitative estimate of drug-likeness (QED) is 0.575. The molecule has 1 unspecified atom stereocenters. The molecule has 142 valence electrons. The summed E-state index contributed by atoms with van der Waals surface area (Å²) >= 11 is 1.89. The molecule has 0 spiro atoms. The van der Waals surface area contributed by atoms with E-state index < -0.39 is 23.6 Å². The Morgan fingerprint density at radius 3 is 2.67 bits per heavy atom. The number of halogens is 4. The van der Waals surface area contributed by atoms with Crippen LogP contribution in [0.15, 0.2) is 41.3 Å². The highest BCUT2D eigenvalue weighted by molar-refractivity contribution is 14.1. The van der Waals surface area contributed by atoms with E-state index >= 15 is 0 Å². The number of fused-ring (bicyclic) bond motifs is 1. The van der Waals surface area contributed by atoms with Crippen molar-refractivity contribution in [2.45, 2.75) is 18.6 Å². The molecule has 1 fully saturated rings. The zero-order valence-electron chi connectivity index (χ0n) is 13.9. The van der Waals surface area contributed by atoms with E-state index in [1.165, 1.54) is 10.7 Å². The van der Waals surface area contributed by atoms with Gasteiger partial charge in [0.25, 0.3) is 5.56 Å². The molecular weight excluding hydrogens is 474 g/mol. The molecule has 1 saturated heterocycles. The molecule has 0 aliphatic carbocycles. The molecule has 2 aromatic heterocycles. The largest absolute Gasteiger partial charge is 0.393 e. The van der Waals surface area contributed by atoms with Crippen molar-refractivity contribution in [1.82, 2.24) is 24.5 Å². The fourth-order valence-electron chi connectivity index (χ4n) is 3.52. The fourth-order valence-corrected chi connectivity index (χ4v) is 4.02. The van der Waals surface area contributed by atoms with Crippen LogP contribution in [0.3, 0.4) is 0 Å². The lowest BCUT2D eigenvalue weighted by atomic mass is 9.95. The maximum absolute atomic E-state index is 13.7. The van der Waals surface area contributed by atoms with E-state index in [0.717, 1.165) is 5.56 Å². The number of hydrogen-bond donors (Lipinski definition) is 1. The number of imidazole rings is 1. The van der Waals surface area contributed by atoms with Crippen LogP contribution in [0.2, 0.25) is 0 Å². The molecule has 3 aromatic rings. The van der Waals surface area contributed by atoms with Crippen molar-refractivity contribution >= 4 is 28.1 Å². The Bertz CT molecular complexity index is 1020. The number of likely N-dealkylation sites (tertiary alicyclic amines) is 1. The van der Waals surface area contributed by atoms with Gasteiger partial charge in [-0.2, -0.15) is 18.3 Å². The first kappa shape index (κ1) is 18.4. The van der Waals surface area contributed by atoms with Gasteiger partial charge in [0.2, 0.25) is 0 Å². The lowest BCUT2D eigenvalue weighted by molar-refractivity contribution is -0.174. The molecular formula is C17H15F3IN5O. The van der Waals surface area contributed by atoms with Gasteiger partial charge in [-0.25, -0.2) is 9.50 Å². The number of aromatic nitrogens is 4. The van der Waals surface area contributed by atoms with Crippen LogP contribution in [0.1, 0.15) is 17.3 Å². The van der Waals surface area contributed by atoms with Crippen molar-refractivity contribution in [2.24, 2.45) is 5.92 Å². The fraction of sp³-hybridized carbons (Fsp3) is 0.353. The Morgan fingerprint density at radius 2 is 1.96 bits per heavy atom. The lowest BCUT2D eigenvalue weighted by Crippen LogP contribution is -2.31. The molecule has 27 heavy (non-hydrogen) atoms. The van der Waals surface area contributed by atoms with Crippen molar-refractivity contribution in [3.63, 3.8) is 0 Å². The van der Waals surface area contributed by atoms with E-state index in [0.29, 0.717) is 10.4 Å². The zero-order valence-corrected chi connectivity index (χ0v) is 16.1. The predicted molar refractivity (Wildman–Crippen MR) is 100 cm³/mol. The van der Waals surface area contributed by atoms with Gasteiger partial charge >= 0.3 is 6.18 Å². The van der Waals surface area contributed by atoms with Crippen molar-refractivity contribution in [2.75, 3.05) is 13.1 Å². The average Bonchev–Trinajstić information content (AvgIpc) is 3.20. The van der Waals surface area contributed by atoms with Crippen LogP contribution >= 0.6 is 22.6 Å². The van der Waals surface area contributed by atoms with Crippen molar-refractivity contribution in [1.29, 1.82) is 0 Å². The summed E-state index contributed by atoms with van der Waals surface area (Å²) in [4.78, 5) is 20.5. The van der Waals surface area contributed by atoms with E-state index in [1.807, 2.05) is 52.9 Å². The van der Waals surface area contributed by atoms with Crippen LogP contribution in [0.4, 0.5) is 13.2 Å². The minimum absolute atomic E-state index is 0.0429. The molecule has 0 bridgehead atoms. The number of alkyl halides is 3. The Morgan fingerprint density at radius 1 is 1.22 bits per heavy atom. The van der Waals surface area contributed by atoms with Gasteiger partial charge in [-0.3, -0.25) is 9.69 Å². The van der Waals surface area contributed by atoms with E-state index in [2.05, 4.69) is 15.1 Å². The molecule has 1 aromatic carbocycles. The number of hydrogen-bond acceptors (Lipinski definition) is 4. The van der Waals surface area contributed by atoms with Crippen LogP contribution in [0, 0.1) is 9.75 Å². The molecule has 4 rings (SSSR count). The first-order valence-corrected chi connectivity index (χ1v) is 9.37. The van der Waals surface area contributed by atoms with Crippen molar-refractivity contribution < 1.29 is 13.2 Å². The minimum atomic E-state index is -4.38. The van der Waals surface area contributed by atoms with E-state index in [9.17, 15) is 18.0 Å². The Balaban J connectivity index is 1.69. The second-order valence-electron chi connectivity index (χ2n) is 6.60. The van der Waals surface area contributed by atoms with Gasteiger partial charge in [-0.1, -0.05) is 30.3 Å². The van der Waals surface area contributed by atoms with Gasteiger partial charge in [0.15, 0.2) is 9.35 Å². The normalized spacial score (nSPS) is 21.2. The third-order valence-electron chi connectivity index (χ3n) is 4.79. The molecule has 10 heteroatoms. The zero-order chi connectivity index (χ0) is 19.2. The molecule has 1 aliphatic rings. The number of nitrogens with one attached hydrogen (secondary N) is 1. The van der Waals surface area contributed by atoms with Gasteiger partial charge in [-0.05, 0) is 5.56 Å². The summed E-state index contributed by atoms with van der Waals surface area (Å²) in [5, 5.41) is 4.25. The number of rotatable bonds is 3. The maximum Gasteiger partial charge on any atom is 0.393 e. The van der Waals surface area contributed by atoms with Gasteiger partial charge in [0.1, 0.15) is 5.82 Å². The summed E-state index contributed by atoms with van der Waals surface area (Å²) in [5.41, 5.74) is 0.670. The second kappa shape index (κ2) is 6.89. The summed E-state index contributed by atoms with van der Waals surface area (Å²) < 4.78 is 42.7. The van der Waals surface area contributed by atoms with Crippen molar-refractivity contribution in [3.8, 4) is 0 Å². The second-order valence-corrected chi connectivity index (χ2v) is 7.56. The molecule has 2 atom stereocenters. The molecule has 1 aliphatic heterocycles. The Labute approximate surface area is 165 Å². The summed E-state index contributed by atoms with van der Waals surface area (Å²) in [6, 6.07) is 9.35. The van der Waals surface area contributed by atoms with Crippen molar-refractivity contribution in [3.05, 3.63) is 62.1 Å². The minimum Gasteiger partial charge on any atom is -0.307 e. The summed E-state index contributed by atoms with van der Waals surface area (Å²) in [5.74, 6) is -2.49. The monoisotopic (exact) mass is 489 g/mol. The standard InChI is InChI=1S/C17H15F3IN5O/c18-17(19,20)12-9-25(7-10-4-2-1-3-5-10)8-11(12)14-23-15(27)13-6-22-16(21)26(13)24-14/h1-6,11-12H,7-9H2,(H,23,24,27)/t11?,12-/m1/s1. The summed E-state index contributed by atoms with van der Waals surface area (Å²) in [6.07, 6.45) is -3.03. The van der Waals surface area contributed by atoms with Gasteiger partial charge in [0.05, 0.1) is 12.1 Å². The Hall–Kier alpha value is -1.95. The summed E-state index contributed by atoms with van der Waals surface area (Å²) in [7, 11) is 0. The summed E-state index contributed by atoms with van der Waals surface area (Å²) in [6.45, 7) is 0.448.